The second-order valence-electron chi connectivity index (χ2n) is 8.94. The molecule has 2 saturated heterocycles. The van der Waals surface area contributed by atoms with Crippen molar-refractivity contribution in [3.63, 3.8) is 0 Å². The summed E-state index contributed by atoms with van der Waals surface area (Å²) in [5, 5.41) is 0. The Morgan fingerprint density at radius 1 is 1.14 bits per heavy atom. The van der Waals surface area contributed by atoms with Crippen molar-refractivity contribution in [2.24, 2.45) is 11.3 Å². The predicted octanol–water partition coefficient (Wildman–Crippen LogP) is 0.825. The summed E-state index contributed by atoms with van der Waals surface area (Å²) in [5.74, 6) is 0.661. The van der Waals surface area contributed by atoms with Gasteiger partial charge in [-0.25, -0.2) is 0 Å². The Balaban J connectivity index is 0.00000242. The van der Waals surface area contributed by atoms with Gasteiger partial charge in [0.05, 0.1) is 26.7 Å². The van der Waals surface area contributed by atoms with Crippen molar-refractivity contribution in [2.75, 3.05) is 33.3 Å². The molecule has 0 aliphatic carbocycles. The van der Waals surface area contributed by atoms with Crippen LogP contribution in [0.1, 0.15) is 59.8 Å². The molecule has 0 radical (unpaired) electrons. The zero-order valence-corrected chi connectivity index (χ0v) is 17.4. The lowest BCUT2D eigenvalue weighted by Crippen LogP contribution is -3.00. The van der Waals surface area contributed by atoms with Gasteiger partial charge in [-0.2, -0.15) is 0 Å². The molecule has 2 aliphatic rings. The van der Waals surface area contributed by atoms with Crippen molar-refractivity contribution in [1.82, 2.24) is 0 Å². The van der Waals surface area contributed by atoms with E-state index >= 15 is 0 Å². The van der Waals surface area contributed by atoms with Gasteiger partial charge in [0.2, 0.25) is 0 Å². The van der Waals surface area contributed by atoms with Crippen LogP contribution in [0.15, 0.2) is 0 Å². The SMILES string of the molecule is CC(CC1OCC(C[N+]2(C)CCCCC2)O1)CC(C)(C)C.[I-]. The monoisotopic (exact) mass is 425 g/mol. The van der Waals surface area contributed by atoms with Crippen LogP contribution in [0.2, 0.25) is 0 Å². The lowest BCUT2D eigenvalue weighted by molar-refractivity contribution is -0.916. The third-order valence-corrected chi connectivity index (χ3v) is 4.91. The topological polar surface area (TPSA) is 18.5 Å². The average molecular weight is 425 g/mol. The van der Waals surface area contributed by atoms with Gasteiger partial charge in [0.1, 0.15) is 12.6 Å². The van der Waals surface area contributed by atoms with Crippen molar-refractivity contribution in [3.8, 4) is 0 Å². The van der Waals surface area contributed by atoms with Crippen molar-refractivity contribution >= 4 is 0 Å². The number of likely N-dealkylation sites (tertiary alicyclic amines) is 1. The minimum atomic E-state index is 0. The summed E-state index contributed by atoms with van der Waals surface area (Å²) in [7, 11) is 2.39. The fourth-order valence-electron chi connectivity index (χ4n) is 4.13. The highest BCUT2D eigenvalue weighted by atomic mass is 127. The maximum atomic E-state index is 6.18. The number of rotatable bonds is 5. The fourth-order valence-corrected chi connectivity index (χ4v) is 4.13. The lowest BCUT2D eigenvalue weighted by Gasteiger charge is -2.39. The van der Waals surface area contributed by atoms with Crippen LogP contribution in [0.4, 0.5) is 0 Å². The standard InChI is InChI=1S/C18H36NO2.HI/c1-15(12-18(2,3)4)11-17-20-14-16(21-17)13-19(5)9-7-6-8-10-19;/h15-17H,6-14H2,1-5H3;1H/q+1;/p-1. The molecule has 0 bridgehead atoms. The molecule has 0 saturated carbocycles. The molecule has 3 atom stereocenters. The van der Waals surface area contributed by atoms with Gasteiger partial charge < -0.3 is 37.9 Å². The van der Waals surface area contributed by atoms with E-state index in [4.69, 9.17) is 9.47 Å². The largest absolute Gasteiger partial charge is 1.00 e. The van der Waals surface area contributed by atoms with E-state index in [1.165, 1.54) is 43.3 Å². The second kappa shape index (κ2) is 8.63. The number of quaternary nitrogens is 1. The summed E-state index contributed by atoms with van der Waals surface area (Å²) in [4.78, 5) is 0. The van der Waals surface area contributed by atoms with Crippen molar-refractivity contribution < 1.29 is 37.9 Å². The number of hydrogen-bond donors (Lipinski definition) is 0. The zero-order valence-electron chi connectivity index (χ0n) is 15.2. The van der Waals surface area contributed by atoms with Crippen LogP contribution in [0.5, 0.6) is 0 Å². The number of nitrogens with zero attached hydrogens (tertiary/aromatic N) is 1. The summed E-state index contributed by atoms with van der Waals surface area (Å²) in [6, 6.07) is 0. The Hall–Kier alpha value is 0.610. The molecular formula is C18H36INO2. The molecule has 2 aliphatic heterocycles. The highest BCUT2D eigenvalue weighted by molar-refractivity contribution is 4.72. The summed E-state index contributed by atoms with van der Waals surface area (Å²) in [6.07, 6.45) is 6.75. The third-order valence-electron chi connectivity index (χ3n) is 4.91. The van der Waals surface area contributed by atoms with Gasteiger partial charge in [0.25, 0.3) is 0 Å². The van der Waals surface area contributed by atoms with E-state index in [9.17, 15) is 0 Å². The number of hydrogen-bond acceptors (Lipinski definition) is 2. The van der Waals surface area contributed by atoms with Crippen molar-refractivity contribution in [3.05, 3.63) is 0 Å². The van der Waals surface area contributed by atoms with Crippen LogP contribution < -0.4 is 24.0 Å². The van der Waals surface area contributed by atoms with Gasteiger partial charge in [-0.15, -0.1) is 0 Å². The Bertz CT molecular complexity index is 324. The van der Waals surface area contributed by atoms with Crippen LogP contribution in [0.25, 0.3) is 0 Å². The number of likely N-dealkylation sites (N-methyl/N-ethyl adjacent to an activating group) is 1. The van der Waals surface area contributed by atoms with Gasteiger partial charge >= 0.3 is 0 Å². The van der Waals surface area contributed by atoms with E-state index in [-0.39, 0.29) is 30.3 Å². The second-order valence-corrected chi connectivity index (χ2v) is 8.94. The molecule has 22 heavy (non-hydrogen) atoms. The molecule has 3 unspecified atom stereocenters. The van der Waals surface area contributed by atoms with Crippen LogP contribution in [-0.4, -0.2) is 50.2 Å². The first-order valence-corrected chi connectivity index (χ1v) is 8.86. The summed E-state index contributed by atoms with van der Waals surface area (Å²) in [5.41, 5.74) is 0.393. The predicted molar refractivity (Wildman–Crippen MR) is 87.1 cm³/mol. The van der Waals surface area contributed by atoms with Crippen LogP contribution in [0, 0.1) is 11.3 Å². The molecular weight excluding hydrogens is 389 g/mol. The molecule has 2 heterocycles. The first-order chi connectivity index (χ1) is 9.76. The Morgan fingerprint density at radius 3 is 2.36 bits per heavy atom. The summed E-state index contributed by atoms with van der Waals surface area (Å²) < 4.78 is 13.3. The van der Waals surface area contributed by atoms with E-state index in [1.54, 1.807) is 0 Å². The molecule has 4 heteroatoms. The number of halogens is 1. The maximum absolute atomic E-state index is 6.18. The molecule has 3 nitrogen and oxygen atoms in total. The minimum Gasteiger partial charge on any atom is -1.00 e. The minimum absolute atomic E-state index is 0. The normalized spacial score (nSPS) is 29.9. The molecule has 2 rings (SSSR count). The molecule has 132 valence electrons. The van der Waals surface area contributed by atoms with E-state index in [1.807, 2.05) is 0 Å². The average Bonchev–Trinajstić information content (AvgIpc) is 2.73. The van der Waals surface area contributed by atoms with Crippen LogP contribution in [-0.2, 0) is 9.47 Å². The van der Waals surface area contributed by atoms with E-state index < -0.39 is 0 Å². The Labute approximate surface area is 154 Å². The summed E-state index contributed by atoms with van der Waals surface area (Å²) in [6.45, 7) is 13.8. The number of ether oxygens (including phenoxy) is 2. The first-order valence-electron chi connectivity index (χ1n) is 8.86. The van der Waals surface area contributed by atoms with Crippen molar-refractivity contribution in [2.45, 2.75) is 72.2 Å². The molecule has 0 N–H and O–H groups in total. The van der Waals surface area contributed by atoms with E-state index in [0.717, 1.165) is 19.6 Å². The van der Waals surface area contributed by atoms with Crippen molar-refractivity contribution in [1.29, 1.82) is 0 Å². The van der Waals surface area contributed by atoms with E-state index in [2.05, 4.69) is 34.7 Å². The van der Waals surface area contributed by atoms with Gasteiger partial charge in [0.15, 0.2) is 6.29 Å². The summed E-state index contributed by atoms with van der Waals surface area (Å²) >= 11 is 0. The molecule has 0 aromatic rings. The highest BCUT2D eigenvalue weighted by Crippen LogP contribution is 2.29. The quantitative estimate of drug-likeness (QED) is 0.480. The van der Waals surface area contributed by atoms with Crippen LogP contribution >= 0.6 is 0 Å². The fraction of sp³-hybridized carbons (Fsp3) is 1.00. The molecule has 0 aromatic carbocycles. The van der Waals surface area contributed by atoms with Crippen LogP contribution in [0.3, 0.4) is 0 Å². The lowest BCUT2D eigenvalue weighted by atomic mass is 9.84. The molecule has 0 amide bonds. The van der Waals surface area contributed by atoms with Gasteiger partial charge in [-0.1, -0.05) is 27.7 Å². The number of piperidine rings is 1. The molecule has 0 spiro atoms. The molecule has 0 aromatic heterocycles. The zero-order chi connectivity index (χ0) is 15.5. The molecule has 2 fully saturated rings. The Kier molecular flexibility index (Phi) is 8.10. The smallest absolute Gasteiger partial charge is 0.158 e. The Morgan fingerprint density at radius 2 is 1.77 bits per heavy atom. The third kappa shape index (κ3) is 7.02. The highest BCUT2D eigenvalue weighted by Gasteiger charge is 2.35. The van der Waals surface area contributed by atoms with Gasteiger partial charge in [0, 0.05) is 6.42 Å². The van der Waals surface area contributed by atoms with Gasteiger partial charge in [-0.3, -0.25) is 0 Å². The maximum Gasteiger partial charge on any atom is 0.158 e. The first kappa shape index (κ1) is 20.7. The van der Waals surface area contributed by atoms with Gasteiger partial charge in [-0.05, 0) is 37.0 Å². The van der Waals surface area contributed by atoms with E-state index in [0.29, 0.717) is 17.4 Å².